The van der Waals surface area contributed by atoms with Gasteiger partial charge in [0.1, 0.15) is 0 Å². The second kappa shape index (κ2) is 6.44. The Kier molecular flexibility index (Phi) is 4.29. The van der Waals surface area contributed by atoms with Crippen LogP contribution in [-0.2, 0) is 6.54 Å². The average Bonchev–Trinajstić information content (AvgIpc) is 2.85. The average molecular weight is 351 g/mol. The molecule has 0 aliphatic carbocycles. The van der Waals surface area contributed by atoms with Gasteiger partial charge in [0.25, 0.3) is 17.7 Å². The topological polar surface area (TPSA) is 101 Å². The van der Waals surface area contributed by atoms with Gasteiger partial charge < -0.3 is 10.6 Å². The second-order valence-electron chi connectivity index (χ2n) is 6.16. The molecule has 0 aromatic heterocycles. The number of hydrogen-bond donors (Lipinski definition) is 1. The summed E-state index contributed by atoms with van der Waals surface area (Å²) in [6.07, 6.45) is 0. The van der Waals surface area contributed by atoms with Crippen molar-refractivity contribution in [2.24, 2.45) is 5.73 Å². The zero-order chi connectivity index (χ0) is 19.0. The molecule has 0 saturated carbocycles. The fourth-order valence-corrected chi connectivity index (χ4v) is 2.88. The third-order valence-corrected chi connectivity index (χ3v) is 4.31. The Morgan fingerprint density at radius 2 is 1.69 bits per heavy atom. The van der Waals surface area contributed by atoms with E-state index in [1.807, 2.05) is 0 Å². The third-order valence-electron chi connectivity index (χ3n) is 4.31. The van der Waals surface area contributed by atoms with E-state index in [0.29, 0.717) is 16.7 Å². The maximum Gasteiger partial charge on any atom is 0.261 e. The van der Waals surface area contributed by atoms with Crippen molar-refractivity contribution in [3.63, 3.8) is 0 Å². The number of fused-ring (bicyclic) bond motifs is 1. The van der Waals surface area contributed by atoms with Gasteiger partial charge in [-0.15, -0.1) is 0 Å². The predicted octanol–water partition coefficient (Wildman–Crippen LogP) is 1.28. The lowest BCUT2D eigenvalue weighted by molar-refractivity contribution is 0.0692. The van der Waals surface area contributed by atoms with Crippen LogP contribution in [0.3, 0.4) is 0 Å². The summed E-state index contributed by atoms with van der Waals surface area (Å²) in [5.74, 6) is -1.63. The second-order valence-corrected chi connectivity index (χ2v) is 6.16. The predicted molar refractivity (Wildman–Crippen MR) is 93.6 cm³/mol. The molecule has 0 bridgehead atoms. The van der Waals surface area contributed by atoms with Crippen LogP contribution in [0, 0.1) is 0 Å². The highest BCUT2D eigenvalue weighted by atomic mass is 16.2. The number of nitrogens with zero attached hydrogens (tertiary/aromatic N) is 2. The number of amides is 4. The van der Waals surface area contributed by atoms with Crippen molar-refractivity contribution < 1.29 is 19.2 Å². The Bertz CT molecular complexity index is 952. The van der Waals surface area contributed by atoms with Gasteiger partial charge in [0.05, 0.1) is 11.1 Å². The number of primary amides is 1. The molecule has 2 aromatic rings. The van der Waals surface area contributed by atoms with E-state index in [4.69, 9.17) is 5.73 Å². The Morgan fingerprint density at radius 1 is 1.00 bits per heavy atom. The van der Waals surface area contributed by atoms with Crippen molar-refractivity contribution in [3.8, 4) is 0 Å². The molecule has 2 aromatic carbocycles. The van der Waals surface area contributed by atoms with Gasteiger partial charge in [0.15, 0.2) is 0 Å². The van der Waals surface area contributed by atoms with E-state index in [2.05, 4.69) is 0 Å². The van der Waals surface area contributed by atoms with Gasteiger partial charge in [0.2, 0.25) is 5.91 Å². The first-order valence-electron chi connectivity index (χ1n) is 7.90. The highest BCUT2D eigenvalue weighted by Gasteiger charge is 2.33. The molecule has 132 valence electrons. The number of rotatable bonds is 4. The molecule has 3 rings (SSSR count). The lowest BCUT2D eigenvalue weighted by atomic mass is 10.0. The number of nitrogens with two attached hydrogens (primary N) is 1. The number of hydrogen-bond acceptors (Lipinski definition) is 4. The smallest absolute Gasteiger partial charge is 0.261 e. The van der Waals surface area contributed by atoms with Crippen molar-refractivity contribution in [1.29, 1.82) is 0 Å². The monoisotopic (exact) mass is 351 g/mol. The lowest BCUT2D eigenvalue weighted by Crippen LogP contribution is -2.26. The van der Waals surface area contributed by atoms with Gasteiger partial charge in [-0.1, -0.05) is 12.1 Å². The van der Waals surface area contributed by atoms with Gasteiger partial charge in [-0.25, -0.2) is 0 Å². The van der Waals surface area contributed by atoms with E-state index in [-0.39, 0.29) is 23.9 Å². The van der Waals surface area contributed by atoms with Gasteiger partial charge in [-0.05, 0) is 35.9 Å². The largest absolute Gasteiger partial charge is 0.366 e. The van der Waals surface area contributed by atoms with Crippen molar-refractivity contribution in [2.45, 2.75) is 6.54 Å². The summed E-state index contributed by atoms with van der Waals surface area (Å²) in [5.41, 5.74) is 7.23. The Hall–Kier alpha value is -3.48. The minimum atomic E-state index is -0.535. The number of benzene rings is 2. The summed E-state index contributed by atoms with van der Waals surface area (Å²) >= 11 is 0. The van der Waals surface area contributed by atoms with Crippen LogP contribution in [0.2, 0.25) is 0 Å². The minimum Gasteiger partial charge on any atom is -0.366 e. The molecule has 0 atom stereocenters. The van der Waals surface area contributed by atoms with E-state index in [0.717, 1.165) is 10.5 Å². The standard InChI is InChI=1S/C19H17N3O4/c1-21(10-11-4-3-5-12(8-11)16(20)23)17(24)13-6-7-14-15(9-13)19(26)22(2)18(14)25/h3-9H,10H2,1-2H3,(H2,20,23). The molecule has 1 heterocycles. The molecule has 1 aliphatic rings. The SMILES string of the molecule is CN(Cc1cccc(C(N)=O)c1)C(=O)c1ccc2c(c1)C(=O)N(C)C2=O. The summed E-state index contributed by atoms with van der Waals surface area (Å²) in [4.78, 5) is 50.4. The number of carbonyl (C=O) groups is 4. The van der Waals surface area contributed by atoms with Crippen LogP contribution in [0.25, 0.3) is 0 Å². The van der Waals surface area contributed by atoms with Crippen LogP contribution in [0.4, 0.5) is 0 Å². The highest BCUT2D eigenvalue weighted by Crippen LogP contribution is 2.23. The normalized spacial score (nSPS) is 12.9. The highest BCUT2D eigenvalue weighted by molar-refractivity contribution is 6.21. The van der Waals surface area contributed by atoms with Crippen molar-refractivity contribution >= 4 is 23.6 Å². The first-order chi connectivity index (χ1) is 12.3. The van der Waals surface area contributed by atoms with Crippen LogP contribution < -0.4 is 5.73 Å². The van der Waals surface area contributed by atoms with Gasteiger partial charge >= 0.3 is 0 Å². The third kappa shape index (κ3) is 2.95. The summed E-state index contributed by atoms with van der Waals surface area (Å²) in [6.45, 7) is 0.268. The maximum absolute atomic E-state index is 12.7. The summed E-state index contributed by atoms with van der Waals surface area (Å²) in [7, 11) is 3.02. The molecule has 26 heavy (non-hydrogen) atoms. The van der Waals surface area contributed by atoms with E-state index in [1.54, 1.807) is 31.3 Å². The summed E-state index contributed by atoms with van der Waals surface area (Å²) in [5, 5.41) is 0. The maximum atomic E-state index is 12.7. The molecule has 2 N–H and O–H groups in total. The fourth-order valence-electron chi connectivity index (χ4n) is 2.88. The zero-order valence-corrected chi connectivity index (χ0v) is 14.4. The van der Waals surface area contributed by atoms with Crippen molar-refractivity contribution in [1.82, 2.24) is 9.80 Å². The molecule has 0 saturated heterocycles. The Labute approximate surface area is 150 Å². The molecule has 4 amide bonds. The first kappa shape index (κ1) is 17.3. The molecular formula is C19H17N3O4. The molecular weight excluding hydrogens is 334 g/mol. The Morgan fingerprint density at radius 3 is 2.38 bits per heavy atom. The van der Waals surface area contributed by atoms with Crippen LogP contribution in [-0.4, -0.2) is 47.5 Å². The molecule has 0 fully saturated rings. The number of imide groups is 1. The van der Waals surface area contributed by atoms with Crippen LogP contribution in [0.5, 0.6) is 0 Å². The zero-order valence-electron chi connectivity index (χ0n) is 14.4. The number of carbonyl (C=O) groups excluding carboxylic acids is 4. The molecule has 0 unspecified atom stereocenters. The van der Waals surface area contributed by atoms with E-state index in [9.17, 15) is 19.2 Å². The van der Waals surface area contributed by atoms with Gasteiger partial charge in [-0.3, -0.25) is 24.1 Å². The molecule has 1 aliphatic heterocycles. The van der Waals surface area contributed by atoms with E-state index in [1.165, 1.54) is 30.1 Å². The van der Waals surface area contributed by atoms with Crippen LogP contribution in [0.1, 0.15) is 47.0 Å². The van der Waals surface area contributed by atoms with E-state index < -0.39 is 11.8 Å². The summed E-state index contributed by atoms with van der Waals surface area (Å²) < 4.78 is 0. The molecule has 7 nitrogen and oxygen atoms in total. The minimum absolute atomic E-state index is 0.229. The first-order valence-corrected chi connectivity index (χ1v) is 7.90. The Balaban J connectivity index is 1.82. The van der Waals surface area contributed by atoms with Gasteiger partial charge in [0, 0.05) is 31.8 Å². The van der Waals surface area contributed by atoms with E-state index >= 15 is 0 Å². The summed E-state index contributed by atoms with van der Waals surface area (Å²) in [6, 6.07) is 11.2. The molecule has 7 heteroatoms. The molecule has 0 spiro atoms. The fraction of sp³-hybridized carbons (Fsp3) is 0.158. The molecule has 0 radical (unpaired) electrons. The van der Waals surface area contributed by atoms with Crippen molar-refractivity contribution in [3.05, 3.63) is 70.3 Å². The van der Waals surface area contributed by atoms with Gasteiger partial charge in [-0.2, -0.15) is 0 Å². The van der Waals surface area contributed by atoms with Crippen molar-refractivity contribution in [2.75, 3.05) is 14.1 Å². The quantitative estimate of drug-likeness (QED) is 0.839. The van der Waals surface area contributed by atoms with Crippen LogP contribution in [0.15, 0.2) is 42.5 Å². The lowest BCUT2D eigenvalue weighted by Gasteiger charge is -2.18. The van der Waals surface area contributed by atoms with Crippen LogP contribution >= 0.6 is 0 Å².